The zero-order valence-electron chi connectivity index (χ0n) is 13.5. The van der Waals surface area contributed by atoms with Crippen LogP contribution in [-0.2, 0) is 9.47 Å². The monoisotopic (exact) mass is 282 g/mol. The van der Waals surface area contributed by atoms with Crippen LogP contribution in [0.25, 0.3) is 0 Å². The number of ether oxygens (including phenoxy) is 2. The zero-order valence-corrected chi connectivity index (χ0v) is 13.5. The Morgan fingerprint density at radius 3 is 2.25 bits per heavy atom. The predicted molar refractivity (Wildman–Crippen MR) is 78.7 cm³/mol. The maximum Gasteiger partial charge on any atom is 0.0987 e. The van der Waals surface area contributed by atoms with Crippen LogP contribution in [0.4, 0.5) is 0 Å². The van der Waals surface area contributed by atoms with Gasteiger partial charge in [-0.1, -0.05) is 12.8 Å². The van der Waals surface area contributed by atoms with E-state index < -0.39 is 11.2 Å². The fraction of sp³-hybridized carbons (Fsp3) is 1.00. The third kappa shape index (κ3) is 2.22. The molecule has 3 nitrogen and oxygen atoms in total. The minimum atomic E-state index is -0.726. The Balaban J connectivity index is 1.84. The van der Waals surface area contributed by atoms with Crippen molar-refractivity contribution in [3.63, 3.8) is 0 Å². The highest BCUT2D eigenvalue weighted by Gasteiger charge is 2.61. The van der Waals surface area contributed by atoms with Crippen LogP contribution >= 0.6 is 0 Å². The highest BCUT2D eigenvalue weighted by atomic mass is 16.6. The molecule has 0 aromatic heterocycles. The van der Waals surface area contributed by atoms with Crippen molar-refractivity contribution in [1.82, 2.24) is 0 Å². The van der Waals surface area contributed by atoms with Gasteiger partial charge in [0.05, 0.1) is 22.4 Å². The summed E-state index contributed by atoms with van der Waals surface area (Å²) in [5.74, 6) is 0.297. The van der Waals surface area contributed by atoms with E-state index in [0.29, 0.717) is 5.92 Å². The molecule has 2 saturated heterocycles. The van der Waals surface area contributed by atoms with Gasteiger partial charge in [-0.15, -0.1) is 0 Å². The highest BCUT2D eigenvalue weighted by molar-refractivity contribution is 5.11. The average Bonchev–Trinajstić information content (AvgIpc) is 2.81. The third-order valence-corrected chi connectivity index (χ3v) is 5.95. The van der Waals surface area contributed by atoms with Crippen molar-refractivity contribution in [2.45, 2.75) is 95.0 Å². The molecule has 0 bridgehead atoms. The van der Waals surface area contributed by atoms with E-state index in [0.717, 1.165) is 25.9 Å². The van der Waals surface area contributed by atoms with Gasteiger partial charge in [0.25, 0.3) is 0 Å². The van der Waals surface area contributed by atoms with Crippen molar-refractivity contribution >= 4 is 0 Å². The summed E-state index contributed by atoms with van der Waals surface area (Å²) < 4.78 is 12.3. The van der Waals surface area contributed by atoms with E-state index in [1.165, 1.54) is 25.7 Å². The lowest BCUT2D eigenvalue weighted by Gasteiger charge is -2.48. The van der Waals surface area contributed by atoms with Gasteiger partial charge in [-0.3, -0.25) is 0 Å². The van der Waals surface area contributed by atoms with E-state index in [9.17, 15) is 5.11 Å². The number of hydrogen-bond donors (Lipinski definition) is 1. The van der Waals surface area contributed by atoms with Crippen molar-refractivity contribution in [2.24, 2.45) is 5.92 Å². The average molecular weight is 282 g/mol. The van der Waals surface area contributed by atoms with E-state index in [1.54, 1.807) is 0 Å². The molecule has 1 aliphatic carbocycles. The molecule has 2 aliphatic heterocycles. The number of hydrogen-bond acceptors (Lipinski definition) is 3. The molecule has 2 heterocycles. The van der Waals surface area contributed by atoms with Crippen LogP contribution < -0.4 is 0 Å². The smallest absolute Gasteiger partial charge is 0.0987 e. The summed E-state index contributed by atoms with van der Waals surface area (Å²) in [6, 6.07) is 0. The molecule has 3 heteroatoms. The number of aliphatic hydroxyl groups is 1. The van der Waals surface area contributed by atoms with Gasteiger partial charge in [0, 0.05) is 13.0 Å². The topological polar surface area (TPSA) is 38.7 Å². The summed E-state index contributed by atoms with van der Waals surface area (Å²) in [5, 5.41) is 11.4. The Bertz CT molecular complexity index is 382. The van der Waals surface area contributed by atoms with Gasteiger partial charge >= 0.3 is 0 Å². The second-order valence-electron chi connectivity index (χ2n) is 8.40. The van der Waals surface area contributed by atoms with Crippen LogP contribution in [0.3, 0.4) is 0 Å². The maximum absolute atomic E-state index is 11.4. The van der Waals surface area contributed by atoms with Gasteiger partial charge in [-0.2, -0.15) is 0 Å². The van der Waals surface area contributed by atoms with Crippen molar-refractivity contribution in [1.29, 1.82) is 0 Å². The lowest BCUT2D eigenvalue weighted by Crippen LogP contribution is -2.56. The van der Waals surface area contributed by atoms with Crippen LogP contribution in [0.5, 0.6) is 0 Å². The summed E-state index contributed by atoms with van der Waals surface area (Å²) in [7, 11) is 0. The molecule has 0 amide bonds. The van der Waals surface area contributed by atoms with Crippen LogP contribution in [0.1, 0.15) is 72.6 Å². The second kappa shape index (κ2) is 4.44. The molecule has 116 valence electrons. The molecule has 20 heavy (non-hydrogen) atoms. The molecular formula is C17H30O3. The first-order chi connectivity index (χ1) is 9.18. The molecule has 2 unspecified atom stereocenters. The van der Waals surface area contributed by atoms with E-state index in [-0.39, 0.29) is 11.2 Å². The normalized spacial score (nSPS) is 42.1. The highest BCUT2D eigenvalue weighted by Crippen LogP contribution is 2.54. The minimum absolute atomic E-state index is 0.0570. The Labute approximate surface area is 123 Å². The first-order valence-electron chi connectivity index (χ1n) is 8.25. The molecule has 3 aliphatic rings. The quantitative estimate of drug-likeness (QED) is 0.800. The Morgan fingerprint density at radius 1 is 1.05 bits per heavy atom. The maximum atomic E-state index is 11.4. The molecule has 0 radical (unpaired) electrons. The summed E-state index contributed by atoms with van der Waals surface area (Å²) >= 11 is 0. The fourth-order valence-electron chi connectivity index (χ4n) is 5.12. The van der Waals surface area contributed by atoms with Crippen LogP contribution in [0.15, 0.2) is 0 Å². The van der Waals surface area contributed by atoms with Gasteiger partial charge in [0.2, 0.25) is 0 Å². The standard InChI is InChI=1S/C17H30O3/c1-14(2)12-17(18,15(3,4)20-14)13-7-10-19-16(11-13)8-5-6-9-16/h13,18H,5-12H2,1-4H3. The fourth-order valence-corrected chi connectivity index (χ4v) is 5.12. The second-order valence-corrected chi connectivity index (χ2v) is 8.40. The summed E-state index contributed by atoms with van der Waals surface area (Å²) in [4.78, 5) is 0. The molecule has 1 saturated carbocycles. The SMILES string of the molecule is CC1(C)CC(O)(C2CCOC3(CCCC3)C2)C(C)(C)O1. The first kappa shape index (κ1) is 14.8. The minimum Gasteiger partial charge on any atom is -0.386 e. The van der Waals surface area contributed by atoms with Crippen molar-refractivity contribution in [3.05, 3.63) is 0 Å². The lowest BCUT2D eigenvalue weighted by atomic mass is 9.67. The van der Waals surface area contributed by atoms with Crippen LogP contribution in [0, 0.1) is 5.92 Å². The summed E-state index contributed by atoms with van der Waals surface area (Å²) in [5.41, 5.74) is -1.38. The summed E-state index contributed by atoms with van der Waals surface area (Å²) in [6.45, 7) is 9.09. The third-order valence-electron chi connectivity index (χ3n) is 5.95. The van der Waals surface area contributed by atoms with Crippen molar-refractivity contribution in [2.75, 3.05) is 6.61 Å². The predicted octanol–water partition coefficient (Wildman–Crippen LogP) is 3.43. The summed E-state index contributed by atoms with van der Waals surface area (Å²) in [6.07, 6.45) is 7.59. The van der Waals surface area contributed by atoms with Gasteiger partial charge in [-0.25, -0.2) is 0 Å². The Kier molecular flexibility index (Phi) is 3.28. The van der Waals surface area contributed by atoms with Gasteiger partial charge in [0.15, 0.2) is 0 Å². The molecule has 1 spiro atoms. The molecule has 3 rings (SSSR count). The molecule has 2 atom stereocenters. The molecule has 0 aromatic rings. The number of rotatable bonds is 1. The van der Waals surface area contributed by atoms with Gasteiger partial charge in [-0.05, 0) is 59.3 Å². The van der Waals surface area contributed by atoms with Crippen molar-refractivity contribution < 1.29 is 14.6 Å². The van der Waals surface area contributed by atoms with Crippen LogP contribution in [-0.4, -0.2) is 34.1 Å². The largest absolute Gasteiger partial charge is 0.386 e. The van der Waals surface area contributed by atoms with Gasteiger partial charge in [0.1, 0.15) is 0 Å². The Hall–Kier alpha value is -0.120. The molecular weight excluding hydrogens is 252 g/mol. The molecule has 1 N–H and O–H groups in total. The lowest BCUT2D eigenvalue weighted by molar-refractivity contribution is -0.185. The van der Waals surface area contributed by atoms with E-state index in [2.05, 4.69) is 27.7 Å². The molecule has 0 aromatic carbocycles. The van der Waals surface area contributed by atoms with Crippen LogP contribution in [0.2, 0.25) is 0 Å². The van der Waals surface area contributed by atoms with Gasteiger partial charge < -0.3 is 14.6 Å². The van der Waals surface area contributed by atoms with E-state index >= 15 is 0 Å². The molecule has 3 fully saturated rings. The van der Waals surface area contributed by atoms with E-state index in [1.807, 2.05) is 0 Å². The zero-order chi connectivity index (χ0) is 14.6. The Morgan fingerprint density at radius 2 is 1.70 bits per heavy atom. The first-order valence-corrected chi connectivity index (χ1v) is 8.25. The van der Waals surface area contributed by atoms with E-state index in [4.69, 9.17) is 9.47 Å². The van der Waals surface area contributed by atoms with Crippen molar-refractivity contribution in [3.8, 4) is 0 Å².